The van der Waals surface area contributed by atoms with E-state index >= 15 is 0 Å². The van der Waals surface area contributed by atoms with Crippen molar-refractivity contribution in [3.8, 4) is 5.75 Å². The summed E-state index contributed by atoms with van der Waals surface area (Å²) in [5.41, 5.74) is 5.08. The number of hydrogen-bond donors (Lipinski definition) is 3. The van der Waals surface area contributed by atoms with Crippen molar-refractivity contribution in [2.45, 2.75) is 0 Å². The summed E-state index contributed by atoms with van der Waals surface area (Å²) in [6, 6.07) is 8.06. The first-order chi connectivity index (χ1) is 11.0. The molecule has 1 aromatic heterocycles. The van der Waals surface area contributed by atoms with Gasteiger partial charge >= 0.3 is 0 Å². The highest BCUT2D eigenvalue weighted by atomic mass is 35.5. The van der Waals surface area contributed by atoms with E-state index < -0.39 is 5.91 Å². The fourth-order valence-electron chi connectivity index (χ4n) is 1.64. The van der Waals surface area contributed by atoms with Gasteiger partial charge < -0.3 is 4.74 Å². The Morgan fingerprint density at radius 2 is 2.00 bits per heavy atom. The van der Waals surface area contributed by atoms with E-state index in [-0.39, 0.29) is 16.6 Å². The summed E-state index contributed by atoms with van der Waals surface area (Å²) in [7, 11) is 1.44. The normalized spacial score (nSPS) is 9.83. The lowest BCUT2D eigenvalue weighted by Crippen LogP contribution is -2.48. The van der Waals surface area contributed by atoms with Crippen LogP contribution in [0.2, 0.25) is 5.02 Å². The van der Waals surface area contributed by atoms with E-state index in [0.717, 1.165) is 0 Å². The molecule has 2 amide bonds. The minimum atomic E-state index is -0.507. The summed E-state index contributed by atoms with van der Waals surface area (Å²) in [6.07, 6.45) is 0. The number of methoxy groups -OCH3 is 1. The molecule has 3 N–H and O–H groups in total. The lowest BCUT2D eigenvalue weighted by molar-refractivity contribution is 0.0937. The van der Waals surface area contributed by atoms with Gasteiger partial charge in [0.15, 0.2) is 5.11 Å². The van der Waals surface area contributed by atoms with Crippen LogP contribution in [0.5, 0.6) is 5.75 Å². The Bertz CT molecular complexity index is 735. The van der Waals surface area contributed by atoms with E-state index in [2.05, 4.69) is 16.2 Å². The van der Waals surface area contributed by atoms with E-state index in [1.807, 2.05) is 0 Å². The number of hydrogen-bond acceptors (Lipinski definition) is 5. The lowest BCUT2D eigenvalue weighted by Gasteiger charge is -2.12. The minimum absolute atomic E-state index is 0.0538. The van der Waals surface area contributed by atoms with Gasteiger partial charge in [0, 0.05) is 5.02 Å². The van der Waals surface area contributed by atoms with E-state index in [4.69, 9.17) is 28.6 Å². The highest BCUT2D eigenvalue weighted by Crippen LogP contribution is 2.22. The van der Waals surface area contributed by atoms with Crippen molar-refractivity contribution < 1.29 is 14.3 Å². The third-order valence-electron chi connectivity index (χ3n) is 2.67. The number of ether oxygens (including phenoxy) is 1. The second-order valence-corrected chi connectivity index (χ2v) is 5.98. The Morgan fingerprint density at radius 1 is 1.22 bits per heavy atom. The zero-order valence-electron chi connectivity index (χ0n) is 11.9. The summed E-state index contributed by atoms with van der Waals surface area (Å²) in [5, 5.41) is 4.54. The standard InChI is InChI=1S/C14H12ClN3O3S2/c1-21-10-5-4-8(15)7-9(10)12(19)16-14(22)18-17-13(20)11-3-2-6-23-11/h2-7H,1H3,(H,17,20)(H2,16,18,19,22). The second kappa shape index (κ2) is 7.91. The quantitative estimate of drug-likeness (QED) is 0.571. The zero-order chi connectivity index (χ0) is 16.8. The monoisotopic (exact) mass is 369 g/mol. The molecular formula is C14H12ClN3O3S2. The number of carbonyl (C=O) groups is 2. The topological polar surface area (TPSA) is 79.5 Å². The molecule has 23 heavy (non-hydrogen) atoms. The van der Waals surface area contributed by atoms with Crippen molar-refractivity contribution in [1.82, 2.24) is 16.2 Å². The average molecular weight is 370 g/mol. The molecule has 0 aliphatic rings. The number of amides is 2. The molecule has 1 heterocycles. The molecule has 0 aliphatic carbocycles. The summed E-state index contributed by atoms with van der Waals surface area (Å²) in [5.74, 6) is -0.499. The number of hydrazine groups is 1. The van der Waals surface area contributed by atoms with Gasteiger partial charge in [-0.15, -0.1) is 11.3 Å². The summed E-state index contributed by atoms with van der Waals surface area (Å²) >= 11 is 12.1. The number of thiocarbonyl (C=S) groups is 1. The van der Waals surface area contributed by atoms with Crippen molar-refractivity contribution >= 4 is 52.1 Å². The smallest absolute Gasteiger partial charge is 0.279 e. The van der Waals surface area contributed by atoms with Gasteiger partial charge in [0.2, 0.25) is 0 Å². The van der Waals surface area contributed by atoms with E-state index in [0.29, 0.717) is 15.6 Å². The summed E-state index contributed by atoms with van der Waals surface area (Å²) in [4.78, 5) is 24.4. The van der Waals surface area contributed by atoms with Crippen LogP contribution in [-0.2, 0) is 0 Å². The summed E-state index contributed by atoms with van der Waals surface area (Å²) in [6.45, 7) is 0. The molecule has 0 spiro atoms. The molecule has 2 rings (SSSR count). The van der Waals surface area contributed by atoms with Crippen LogP contribution >= 0.6 is 35.2 Å². The zero-order valence-corrected chi connectivity index (χ0v) is 14.3. The fourth-order valence-corrected chi connectivity index (χ4v) is 2.58. The SMILES string of the molecule is COc1ccc(Cl)cc1C(=O)NC(=S)NNC(=O)c1cccs1. The number of carbonyl (C=O) groups excluding carboxylic acids is 2. The van der Waals surface area contributed by atoms with Gasteiger partial charge in [0.1, 0.15) is 5.75 Å². The van der Waals surface area contributed by atoms with E-state index in [1.165, 1.54) is 24.5 Å². The van der Waals surface area contributed by atoms with Gasteiger partial charge in [-0.05, 0) is 41.9 Å². The van der Waals surface area contributed by atoms with E-state index in [1.54, 1.807) is 29.6 Å². The van der Waals surface area contributed by atoms with Crippen molar-refractivity contribution in [3.05, 3.63) is 51.2 Å². The average Bonchev–Trinajstić information content (AvgIpc) is 3.07. The van der Waals surface area contributed by atoms with Crippen LogP contribution in [0.3, 0.4) is 0 Å². The Hall–Kier alpha value is -2.16. The van der Waals surface area contributed by atoms with Crippen LogP contribution in [0.25, 0.3) is 0 Å². The molecule has 0 saturated carbocycles. The third-order valence-corrected chi connectivity index (χ3v) is 3.98. The molecule has 120 valence electrons. The maximum atomic E-state index is 12.2. The molecular weight excluding hydrogens is 358 g/mol. The van der Waals surface area contributed by atoms with Gasteiger partial charge in [-0.25, -0.2) is 0 Å². The molecule has 0 aliphatic heterocycles. The number of benzene rings is 1. The van der Waals surface area contributed by atoms with Crippen molar-refractivity contribution in [1.29, 1.82) is 0 Å². The van der Waals surface area contributed by atoms with Crippen molar-refractivity contribution in [2.75, 3.05) is 7.11 Å². The van der Waals surface area contributed by atoms with Crippen LogP contribution < -0.4 is 20.9 Å². The Kier molecular flexibility index (Phi) is 5.91. The molecule has 0 unspecified atom stereocenters. The largest absolute Gasteiger partial charge is 0.496 e. The van der Waals surface area contributed by atoms with Gasteiger partial charge in [-0.2, -0.15) is 0 Å². The maximum Gasteiger partial charge on any atom is 0.279 e. The Morgan fingerprint density at radius 3 is 2.65 bits per heavy atom. The highest BCUT2D eigenvalue weighted by Gasteiger charge is 2.14. The number of nitrogens with one attached hydrogen (secondary N) is 3. The second-order valence-electron chi connectivity index (χ2n) is 4.18. The van der Waals surface area contributed by atoms with E-state index in [9.17, 15) is 9.59 Å². The molecule has 0 atom stereocenters. The molecule has 0 fully saturated rings. The van der Waals surface area contributed by atoms with Crippen LogP contribution in [0.4, 0.5) is 0 Å². The number of thiophene rings is 1. The molecule has 6 nitrogen and oxygen atoms in total. The number of halogens is 1. The van der Waals surface area contributed by atoms with Gasteiger partial charge in [-0.1, -0.05) is 17.7 Å². The highest BCUT2D eigenvalue weighted by molar-refractivity contribution is 7.80. The van der Waals surface area contributed by atoms with Gasteiger partial charge in [0.25, 0.3) is 11.8 Å². The molecule has 2 aromatic rings. The molecule has 0 bridgehead atoms. The van der Waals surface area contributed by atoms with Crippen LogP contribution in [-0.4, -0.2) is 24.0 Å². The van der Waals surface area contributed by atoms with Crippen LogP contribution in [0.15, 0.2) is 35.7 Å². The first-order valence-electron chi connectivity index (χ1n) is 6.30. The van der Waals surface area contributed by atoms with Crippen LogP contribution in [0, 0.1) is 0 Å². The molecule has 0 saturated heterocycles. The first kappa shape index (κ1) is 17.2. The molecule has 9 heteroatoms. The number of rotatable bonds is 3. The fraction of sp³-hybridized carbons (Fsp3) is 0.0714. The van der Waals surface area contributed by atoms with Crippen molar-refractivity contribution in [2.24, 2.45) is 0 Å². The lowest BCUT2D eigenvalue weighted by atomic mass is 10.2. The Balaban J connectivity index is 1.94. The Labute approximate surface area is 146 Å². The first-order valence-corrected chi connectivity index (χ1v) is 7.96. The minimum Gasteiger partial charge on any atom is -0.496 e. The molecule has 0 radical (unpaired) electrons. The predicted octanol–water partition coefficient (Wildman–Crippen LogP) is 2.36. The predicted molar refractivity (Wildman–Crippen MR) is 93.0 cm³/mol. The van der Waals surface area contributed by atoms with Gasteiger partial charge in [0.05, 0.1) is 17.6 Å². The van der Waals surface area contributed by atoms with Crippen molar-refractivity contribution in [3.63, 3.8) is 0 Å². The molecule has 1 aromatic carbocycles. The van der Waals surface area contributed by atoms with Gasteiger partial charge in [-0.3, -0.25) is 25.8 Å². The third kappa shape index (κ3) is 4.65. The van der Waals surface area contributed by atoms with Crippen LogP contribution in [0.1, 0.15) is 20.0 Å². The maximum absolute atomic E-state index is 12.2. The summed E-state index contributed by atoms with van der Waals surface area (Å²) < 4.78 is 5.10.